The Morgan fingerprint density at radius 1 is 1.38 bits per heavy atom. The molecule has 4 nitrogen and oxygen atoms in total. The van der Waals surface area contributed by atoms with Crippen molar-refractivity contribution in [3.63, 3.8) is 0 Å². The van der Waals surface area contributed by atoms with Crippen molar-refractivity contribution in [1.29, 1.82) is 0 Å². The van der Waals surface area contributed by atoms with Crippen LogP contribution in [0.3, 0.4) is 0 Å². The highest BCUT2D eigenvalue weighted by atomic mass is 16.5. The number of hydrogen-bond donors (Lipinski definition) is 1. The average molecular weight is 217 g/mol. The number of aryl methyl sites for hydroxylation is 1. The van der Waals surface area contributed by atoms with Crippen molar-refractivity contribution < 1.29 is 4.74 Å². The topological polar surface area (TPSA) is 53.1 Å². The second-order valence-electron chi connectivity index (χ2n) is 3.55. The monoisotopic (exact) mass is 217 g/mol. The highest BCUT2D eigenvalue weighted by Gasteiger charge is 1.99. The Balaban J connectivity index is 1.89. The predicted molar refractivity (Wildman–Crippen MR) is 63.3 cm³/mol. The van der Waals surface area contributed by atoms with Gasteiger partial charge in [-0.3, -0.25) is 0 Å². The van der Waals surface area contributed by atoms with Crippen LogP contribution in [0.25, 0.3) is 0 Å². The summed E-state index contributed by atoms with van der Waals surface area (Å²) in [5.74, 6) is 1.73. The number of para-hydroxylation sites is 2. The Labute approximate surface area is 94.7 Å². The lowest BCUT2D eigenvalue weighted by molar-refractivity contribution is 0.298. The summed E-state index contributed by atoms with van der Waals surface area (Å²) in [6.07, 6.45) is 3.72. The number of benzene rings is 1. The Hall–Kier alpha value is -1.97. The molecule has 1 aromatic carbocycles. The summed E-state index contributed by atoms with van der Waals surface area (Å²) < 4.78 is 7.63. The van der Waals surface area contributed by atoms with Gasteiger partial charge in [-0.2, -0.15) is 0 Å². The van der Waals surface area contributed by atoms with Crippen LogP contribution < -0.4 is 10.5 Å². The van der Waals surface area contributed by atoms with Crippen molar-refractivity contribution in [1.82, 2.24) is 9.55 Å². The van der Waals surface area contributed by atoms with E-state index in [1.165, 1.54) is 0 Å². The van der Waals surface area contributed by atoms with Gasteiger partial charge in [0.15, 0.2) is 0 Å². The van der Waals surface area contributed by atoms with Gasteiger partial charge < -0.3 is 15.0 Å². The lowest BCUT2D eigenvalue weighted by Gasteiger charge is -2.09. The van der Waals surface area contributed by atoms with E-state index in [9.17, 15) is 0 Å². The van der Waals surface area contributed by atoms with Crippen LogP contribution in [0.4, 0.5) is 5.69 Å². The van der Waals surface area contributed by atoms with Gasteiger partial charge in [-0.1, -0.05) is 12.1 Å². The number of nitrogens with zero attached hydrogens (tertiary/aromatic N) is 2. The van der Waals surface area contributed by atoms with Crippen LogP contribution in [-0.2, 0) is 6.54 Å². The van der Waals surface area contributed by atoms with Gasteiger partial charge in [0.1, 0.15) is 18.2 Å². The molecule has 0 aliphatic carbocycles. The molecule has 0 bridgehead atoms. The molecule has 0 aliphatic rings. The van der Waals surface area contributed by atoms with Gasteiger partial charge in [0, 0.05) is 12.4 Å². The summed E-state index contributed by atoms with van der Waals surface area (Å²) in [4.78, 5) is 4.14. The van der Waals surface area contributed by atoms with E-state index in [1.54, 1.807) is 6.20 Å². The first kappa shape index (κ1) is 10.5. The van der Waals surface area contributed by atoms with E-state index in [4.69, 9.17) is 10.5 Å². The molecule has 0 fully saturated rings. The minimum absolute atomic E-state index is 0.589. The second-order valence-corrected chi connectivity index (χ2v) is 3.55. The van der Waals surface area contributed by atoms with Crippen molar-refractivity contribution in [2.45, 2.75) is 13.5 Å². The minimum atomic E-state index is 0.589. The zero-order chi connectivity index (χ0) is 11.4. The van der Waals surface area contributed by atoms with Crippen LogP contribution in [0, 0.1) is 6.92 Å². The van der Waals surface area contributed by atoms with Crippen molar-refractivity contribution in [3.8, 4) is 5.75 Å². The molecule has 0 atom stereocenters. The normalized spacial score (nSPS) is 10.3. The van der Waals surface area contributed by atoms with E-state index >= 15 is 0 Å². The largest absolute Gasteiger partial charge is 0.490 e. The summed E-state index contributed by atoms with van der Waals surface area (Å²) in [6, 6.07) is 7.50. The molecule has 1 aromatic heterocycles. The maximum atomic E-state index is 5.77. The molecular formula is C12H15N3O. The van der Waals surface area contributed by atoms with Gasteiger partial charge in [-0.25, -0.2) is 4.98 Å². The molecule has 4 heteroatoms. The van der Waals surface area contributed by atoms with E-state index in [-0.39, 0.29) is 0 Å². The Bertz CT molecular complexity index is 465. The van der Waals surface area contributed by atoms with Gasteiger partial charge in [0.05, 0.1) is 12.2 Å². The van der Waals surface area contributed by atoms with Crippen LogP contribution in [0.5, 0.6) is 5.75 Å². The van der Waals surface area contributed by atoms with E-state index in [0.717, 1.165) is 18.1 Å². The average Bonchev–Trinajstić information content (AvgIpc) is 2.67. The number of nitrogens with two attached hydrogens (primary N) is 1. The smallest absolute Gasteiger partial charge is 0.142 e. The molecule has 1 heterocycles. The highest BCUT2D eigenvalue weighted by Crippen LogP contribution is 2.19. The fourth-order valence-electron chi connectivity index (χ4n) is 1.51. The predicted octanol–water partition coefficient (Wildman–Crippen LogP) is 1.85. The number of anilines is 1. The lowest BCUT2D eigenvalue weighted by atomic mass is 10.3. The standard InChI is InChI=1S/C12H15N3O/c1-10-14-6-7-15(10)8-9-16-12-5-3-2-4-11(12)13/h2-7H,8-9,13H2,1H3. The Morgan fingerprint density at radius 3 is 2.88 bits per heavy atom. The van der Waals surface area contributed by atoms with Crippen molar-refractivity contribution in [3.05, 3.63) is 42.5 Å². The maximum Gasteiger partial charge on any atom is 0.142 e. The first-order valence-corrected chi connectivity index (χ1v) is 5.22. The van der Waals surface area contributed by atoms with Gasteiger partial charge >= 0.3 is 0 Å². The number of nitrogen functional groups attached to an aromatic ring is 1. The van der Waals surface area contributed by atoms with E-state index in [0.29, 0.717) is 12.3 Å². The zero-order valence-electron chi connectivity index (χ0n) is 9.26. The van der Waals surface area contributed by atoms with Gasteiger partial charge in [-0.15, -0.1) is 0 Å². The third-order valence-electron chi connectivity index (χ3n) is 2.43. The lowest BCUT2D eigenvalue weighted by Crippen LogP contribution is -2.09. The SMILES string of the molecule is Cc1nccn1CCOc1ccccc1N. The molecule has 16 heavy (non-hydrogen) atoms. The van der Waals surface area contributed by atoms with Crippen LogP contribution in [0.2, 0.25) is 0 Å². The van der Waals surface area contributed by atoms with E-state index in [1.807, 2.05) is 42.0 Å². The van der Waals surface area contributed by atoms with E-state index < -0.39 is 0 Å². The fraction of sp³-hybridized carbons (Fsp3) is 0.250. The molecule has 0 saturated heterocycles. The molecule has 0 amide bonds. The summed E-state index contributed by atoms with van der Waals surface area (Å²) >= 11 is 0. The number of ether oxygens (including phenoxy) is 1. The van der Waals surface area contributed by atoms with Crippen molar-refractivity contribution >= 4 is 5.69 Å². The van der Waals surface area contributed by atoms with Gasteiger partial charge in [0.25, 0.3) is 0 Å². The molecule has 2 rings (SSSR count). The maximum absolute atomic E-state index is 5.77. The molecule has 0 saturated carbocycles. The van der Waals surface area contributed by atoms with Crippen LogP contribution in [-0.4, -0.2) is 16.2 Å². The van der Waals surface area contributed by atoms with Crippen LogP contribution >= 0.6 is 0 Å². The Kier molecular flexibility index (Phi) is 3.10. The molecular weight excluding hydrogens is 202 g/mol. The molecule has 0 radical (unpaired) electrons. The van der Waals surface area contributed by atoms with Crippen LogP contribution in [0.1, 0.15) is 5.82 Å². The quantitative estimate of drug-likeness (QED) is 0.795. The summed E-state index contributed by atoms with van der Waals surface area (Å²) in [5, 5.41) is 0. The zero-order valence-corrected chi connectivity index (χ0v) is 9.26. The molecule has 2 aromatic rings. The number of aromatic nitrogens is 2. The third-order valence-corrected chi connectivity index (χ3v) is 2.43. The van der Waals surface area contributed by atoms with Crippen molar-refractivity contribution in [2.24, 2.45) is 0 Å². The third kappa shape index (κ3) is 2.34. The first-order chi connectivity index (χ1) is 7.77. The van der Waals surface area contributed by atoms with E-state index in [2.05, 4.69) is 4.98 Å². The number of hydrogen-bond acceptors (Lipinski definition) is 3. The molecule has 0 aliphatic heterocycles. The number of imidazole rings is 1. The molecule has 0 spiro atoms. The summed E-state index contributed by atoms with van der Waals surface area (Å²) in [6.45, 7) is 3.34. The Morgan fingerprint density at radius 2 is 2.19 bits per heavy atom. The van der Waals surface area contributed by atoms with Gasteiger partial charge in [0.2, 0.25) is 0 Å². The highest BCUT2D eigenvalue weighted by molar-refractivity contribution is 5.51. The molecule has 2 N–H and O–H groups in total. The number of rotatable bonds is 4. The van der Waals surface area contributed by atoms with Crippen LogP contribution in [0.15, 0.2) is 36.7 Å². The summed E-state index contributed by atoms with van der Waals surface area (Å²) in [7, 11) is 0. The molecule has 84 valence electrons. The minimum Gasteiger partial charge on any atom is -0.490 e. The summed E-state index contributed by atoms with van der Waals surface area (Å²) in [5.41, 5.74) is 6.44. The fourth-order valence-corrected chi connectivity index (χ4v) is 1.51. The van der Waals surface area contributed by atoms with Gasteiger partial charge in [-0.05, 0) is 19.1 Å². The molecule has 0 unspecified atom stereocenters. The second kappa shape index (κ2) is 4.70. The van der Waals surface area contributed by atoms with Crippen molar-refractivity contribution in [2.75, 3.05) is 12.3 Å². The first-order valence-electron chi connectivity index (χ1n) is 5.22.